The summed E-state index contributed by atoms with van der Waals surface area (Å²) in [6.07, 6.45) is -1.23. The lowest BCUT2D eigenvalue weighted by Crippen LogP contribution is -2.25. The molecule has 29 heavy (non-hydrogen) atoms. The molecule has 3 rings (SSSR count). The highest BCUT2D eigenvalue weighted by atomic mass is 19.4. The van der Waals surface area contributed by atoms with Crippen molar-refractivity contribution in [3.63, 3.8) is 0 Å². The van der Waals surface area contributed by atoms with Crippen LogP contribution in [-0.4, -0.2) is 19.3 Å². The Labute approximate surface area is 166 Å². The Hall–Kier alpha value is -3.29. The number of allylic oxidation sites excluding steroid dienone is 2. The normalized spacial score (nSPS) is 16.9. The van der Waals surface area contributed by atoms with Crippen molar-refractivity contribution < 1.29 is 18.0 Å². The van der Waals surface area contributed by atoms with Crippen LogP contribution in [0.4, 0.5) is 29.3 Å². The van der Waals surface area contributed by atoms with Crippen LogP contribution < -0.4 is 15.6 Å². The first-order chi connectivity index (χ1) is 13.6. The highest BCUT2D eigenvalue weighted by molar-refractivity contribution is 5.90. The number of fused-ring (bicyclic) bond motifs is 1. The fourth-order valence-corrected chi connectivity index (χ4v) is 3.44. The van der Waals surface area contributed by atoms with Crippen LogP contribution in [0.3, 0.4) is 0 Å². The van der Waals surface area contributed by atoms with Crippen LogP contribution in [-0.2, 0) is 11.6 Å². The first-order valence-corrected chi connectivity index (χ1v) is 8.92. The number of benzene rings is 2. The Kier molecular flexibility index (Phi) is 5.37. The molecule has 0 aliphatic carbocycles. The number of hydrogen-bond donors (Lipinski definition) is 2. The lowest BCUT2D eigenvalue weighted by Gasteiger charge is -2.23. The number of hydrogen-bond acceptors (Lipinski definition) is 3. The molecule has 1 aliphatic heterocycles. The summed E-state index contributed by atoms with van der Waals surface area (Å²) in [5.74, 6) is 0. The van der Waals surface area contributed by atoms with E-state index in [9.17, 15) is 18.0 Å². The van der Waals surface area contributed by atoms with E-state index in [1.807, 2.05) is 25.2 Å². The van der Waals surface area contributed by atoms with E-state index in [0.29, 0.717) is 0 Å². The summed E-state index contributed by atoms with van der Waals surface area (Å²) in [5.41, 5.74) is 4.51. The van der Waals surface area contributed by atoms with Gasteiger partial charge in [-0.25, -0.2) is 10.2 Å². The van der Waals surface area contributed by atoms with Crippen molar-refractivity contribution in [3.8, 4) is 0 Å². The van der Waals surface area contributed by atoms with Crippen LogP contribution in [0, 0.1) is 0 Å². The number of alkyl halides is 3. The van der Waals surface area contributed by atoms with E-state index in [-0.39, 0.29) is 11.1 Å². The minimum absolute atomic E-state index is 0.0259. The molecule has 2 aromatic rings. The van der Waals surface area contributed by atoms with Gasteiger partial charge in [0.05, 0.1) is 5.56 Å². The van der Waals surface area contributed by atoms with Gasteiger partial charge in [-0.3, -0.25) is 0 Å². The van der Waals surface area contributed by atoms with Crippen molar-refractivity contribution in [1.82, 2.24) is 5.43 Å². The molecule has 5 nitrogen and oxygen atoms in total. The number of likely N-dealkylation sites (N-methyl/N-ethyl adjacent to an activating group) is 1. The molecule has 1 aliphatic rings. The summed E-state index contributed by atoms with van der Waals surface area (Å²) >= 11 is 0. The largest absolute Gasteiger partial charge is 0.416 e. The number of nitrogens with one attached hydrogen (secondary N) is 2. The molecule has 0 radical (unpaired) electrons. The second-order valence-corrected chi connectivity index (χ2v) is 7.18. The summed E-state index contributed by atoms with van der Waals surface area (Å²) in [4.78, 5) is 14.0. The standard InChI is InChI=1S/C21H21F3N4O/c1-20(2)16-9-4-5-10-17(16)28(3)18(20)11-12-25-27-19(29)26-15-8-6-7-14(13-15)21(22,23)24/h4-13H,1-3H3,(H2,26,27,29)/b18-11-,25-12-. The molecule has 0 aromatic heterocycles. The van der Waals surface area contributed by atoms with Crippen molar-refractivity contribution in [2.75, 3.05) is 17.3 Å². The van der Waals surface area contributed by atoms with Crippen molar-refractivity contribution in [2.24, 2.45) is 5.10 Å². The van der Waals surface area contributed by atoms with E-state index < -0.39 is 17.8 Å². The summed E-state index contributed by atoms with van der Waals surface area (Å²) in [6.45, 7) is 4.20. The van der Waals surface area contributed by atoms with E-state index in [1.54, 1.807) is 6.08 Å². The fraction of sp³-hybridized carbons (Fsp3) is 0.238. The summed E-state index contributed by atoms with van der Waals surface area (Å²) < 4.78 is 38.2. The van der Waals surface area contributed by atoms with Crippen LogP contribution in [0.2, 0.25) is 0 Å². The van der Waals surface area contributed by atoms with Gasteiger partial charge in [0.25, 0.3) is 0 Å². The Morgan fingerprint density at radius 2 is 1.86 bits per heavy atom. The second kappa shape index (κ2) is 7.62. The number of carbonyl (C=O) groups excluding carboxylic acids is 1. The molecule has 0 unspecified atom stereocenters. The zero-order valence-electron chi connectivity index (χ0n) is 16.2. The number of amides is 2. The number of para-hydroxylation sites is 1. The maximum absolute atomic E-state index is 12.7. The number of carbonyl (C=O) groups is 1. The van der Waals surface area contributed by atoms with Gasteiger partial charge in [-0.2, -0.15) is 18.3 Å². The molecule has 8 heteroatoms. The lowest BCUT2D eigenvalue weighted by molar-refractivity contribution is -0.137. The Bertz CT molecular complexity index is 980. The minimum atomic E-state index is -4.48. The monoisotopic (exact) mass is 402 g/mol. The van der Waals surface area contributed by atoms with E-state index in [0.717, 1.165) is 23.5 Å². The minimum Gasteiger partial charge on any atom is -0.347 e. The third-order valence-corrected chi connectivity index (χ3v) is 4.86. The number of rotatable bonds is 3. The van der Waals surface area contributed by atoms with Crippen molar-refractivity contribution >= 4 is 23.6 Å². The maximum Gasteiger partial charge on any atom is 0.416 e. The smallest absolute Gasteiger partial charge is 0.347 e. The molecular weight excluding hydrogens is 381 g/mol. The highest BCUT2D eigenvalue weighted by Gasteiger charge is 2.37. The van der Waals surface area contributed by atoms with E-state index in [4.69, 9.17) is 0 Å². The molecule has 0 saturated carbocycles. The average Bonchev–Trinajstić information content (AvgIpc) is 2.85. The van der Waals surface area contributed by atoms with E-state index in [1.165, 1.54) is 23.9 Å². The van der Waals surface area contributed by atoms with Gasteiger partial charge in [0, 0.05) is 35.7 Å². The molecule has 0 spiro atoms. The fourth-order valence-electron chi connectivity index (χ4n) is 3.44. The molecule has 1 heterocycles. The van der Waals surface area contributed by atoms with Gasteiger partial charge < -0.3 is 10.2 Å². The van der Waals surface area contributed by atoms with Gasteiger partial charge in [-0.1, -0.05) is 38.1 Å². The molecule has 0 bridgehead atoms. The zero-order valence-corrected chi connectivity index (χ0v) is 16.2. The van der Waals surface area contributed by atoms with Crippen molar-refractivity contribution in [2.45, 2.75) is 25.4 Å². The predicted molar refractivity (Wildman–Crippen MR) is 108 cm³/mol. The van der Waals surface area contributed by atoms with Crippen LogP contribution in [0.25, 0.3) is 0 Å². The van der Waals surface area contributed by atoms with Crippen LogP contribution >= 0.6 is 0 Å². The molecular formula is C21H21F3N4O. The van der Waals surface area contributed by atoms with Gasteiger partial charge in [0.15, 0.2) is 0 Å². The number of urea groups is 1. The molecule has 0 saturated heterocycles. The van der Waals surface area contributed by atoms with Crippen molar-refractivity contribution in [1.29, 1.82) is 0 Å². The molecule has 2 aromatic carbocycles. The third-order valence-electron chi connectivity index (χ3n) is 4.86. The quantitative estimate of drug-likeness (QED) is 0.553. The number of halogens is 3. The first kappa shape index (κ1) is 20.4. The number of nitrogens with zero attached hydrogens (tertiary/aromatic N) is 2. The molecule has 0 atom stereocenters. The number of hydrazone groups is 1. The number of anilines is 2. The summed E-state index contributed by atoms with van der Waals surface area (Å²) in [7, 11) is 1.96. The van der Waals surface area contributed by atoms with E-state index in [2.05, 4.69) is 40.7 Å². The lowest BCUT2D eigenvalue weighted by atomic mass is 9.84. The van der Waals surface area contributed by atoms with Gasteiger partial charge >= 0.3 is 12.2 Å². The third kappa shape index (κ3) is 4.26. The van der Waals surface area contributed by atoms with Gasteiger partial charge in [0.2, 0.25) is 0 Å². The van der Waals surface area contributed by atoms with Crippen LogP contribution in [0.1, 0.15) is 25.0 Å². The average molecular weight is 402 g/mol. The van der Waals surface area contributed by atoms with Gasteiger partial charge in [-0.15, -0.1) is 0 Å². The van der Waals surface area contributed by atoms with E-state index >= 15 is 0 Å². The van der Waals surface area contributed by atoms with Crippen molar-refractivity contribution in [3.05, 3.63) is 71.4 Å². The van der Waals surface area contributed by atoms with Gasteiger partial charge in [0.1, 0.15) is 0 Å². The summed E-state index contributed by atoms with van der Waals surface area (Å²) in [6, 6.07) is 11.7. The topological polar surface area (TPSA) is 56.7 Å². The van der Waals surface area contributed by atoms with Crippen LogP contribution in [0.5, 0.6) is 0 Å². The molecule has 0 fully saturated rings. The predicted octanol–water partition coefficient (Wildman–Crippen LogP) is 5.12. The molecule has 2 N–H and O–H groups in total. The first-order valence-electron chi connectivity index (χ1n) is 8.92. The highest BCUT2D eigenvalue weighted by Crippen LogP contribution is 2.46. The Morgan fingerprint density at radius 1 is 1.14 bits per heavy atom. The SMILES string of the molecule is CN1/C(=C\C=N/NC(=O)Nc2cccc(C(F)(F)F)c2)C(C)(C)c2ccccc21. The Balaban J connectivity index is 1.64. The second-order valence-electron chi connectivity index (χ2n) is 7.18. The molecule has 2 amide bonds. The summed E-state index contributed by atoms with van der Waals surface area (Å²) in [5, 5.41) is 6.18. The maximum atomic E-state index is 12.7. The van der Waals surface area contributed by atoms with Gasteiger partial charge in [-0.05, 0) is 35.9 Å². The van der Waals surface area contributed by atoms with Crippen LogP contribution in [0.15, 0.2) is 65.4 Å². The molecule has 152 valence electrons. The zero-order chi connectivity index (χ0) is 21.2. The Morgan fingerprint density at radius 3 is 2.55 bits per heavy atom.